The fraction of sp³-hybridized carbons (Fsp3) is 0.627. The summed E-state index contributed by atoms with van der Waals surface area (Å²) in [5, 5.41) is 8.13. The molecule has 0 aromatic rings. The number of rotatable bonds is 40. The lowest BCUT2D eigenvalue weighted by molar-refractivity contribution is -0.151. The minimum Gasteiger partial charge on any atom is -0.481 e. The van der Waals surface area contributed by atoms with Crippen molar-refractivity contribution in [2.24, 2.45) is 0 Å². The van der Waals surface area contributed by atoms with E-state index in [1.165, 1.54) is 32.5 Å². The molecule has 0 fully saturated rings. The van der Waals surface area contributed by atoms with Gasteiger partial charge in [-0.1, -0.05) is 55.4 Å². The number of carboxylic acids is 1. The molecule has 78 heavy (non-hydrogen) atoms. The number of carbonyl (C=O) groups is 9. The quantitative estimate of drug-likeness (QED) is 0.0115. The largest absolute Gasteiger partial charge is 0.500 e. The predicted molar refractivity (Wildman–Crippen MR) is 307 cm³/mol. The first kappa shape index (κ1) is 82.4. The van der Waals surface area contributed by atoms with E-state index in [-0.39, 0.29) is 105 Å². The van der Waals surface area contributed by atoms with Gasteiger partial charge in [-0.15, -0.1) is 13.2 Å². The molecule has 0 aliphatic heterocycles. The molecule has 0 aromatic carbocycles. The van der Waals surface area contributed by atoms with E-state index in [0.717, 1.165) is 23.9 Å². The van der Waals surface area contributed by atoms with Crippen LogP contribution in [0.25, 0.3) is 0 Å². The molecule has 0 radical (unpaired) electrons. The Morgan fingerprint density at radius 3 is 1.10 bits per heavy atom. The van der Waals surface area contributed by atoms with Gasteiger partial charge in [-0.05, 0) is 68.7 Å². The summed E-state index contributed by atoms with van der Waals surface area (Å²) < 4.78 is 61.5. The van der Waals surface area contributed by atoms with E-state index in [0.29, 0.717) is 57.2 Å². The van der Waals surface area contributed by atoms with Crippen molar-refractivity contribution in [3.05, 3.63) is 61.8 Å². The van der Waals surface area contributed by atoms with Gasteiger partial charge in [0.15, 0.2) is 10.2 Å². The van der Waals surface area contributed by atoms with Crippen LogP contribution in [-0.2, 0) is 98.1 Å². The van der Waals surface area contributed by atoms with Crippen LogP contribution in [-0.4, -0.2) is 172 Å². The summed E-state index contributed by atoms with van der Waals surface area (Å²) in [6.07, 6.45) is 3.87. The van der Waals surface area contributed by atoms with E-state index >= 15 is 0 Å². The third-order valence-corrected chi connectivity index (χ3v) is 14.9. The number of hydrogen-bond acceptors (Lipinski definition) is 24. The van der Waals surface area contributed by atoms with Crippen molar-refractivity contribution in [3.8, 4) is 0 Å². The Morgan fingerprint density at radius 2 is 0.821 bits per heavy atom. The van der Waals surface area contributed by atoms with Gasteiger partial charge in [0, 0.05) is 92.5 Å². The lowest BCUT2D eigenvalue weighted by Crippen LogP contribution is -2.46. The van der Waals surface area contributed by atoms with Gasteiger partial charge in [0.1, 0.15) is 39.6 Å². The molecule has 0 spiro atoms. The number of carbonyl (C=O) groups excluding carboxylic acids is 8. The van der Waals surface area contributed by atoms with Crippen LogP contribution in [0.4, 0.5) is 0 Å². The summed E-state index contributed by atoms with van der Waals surface area (Å²) in [5.41, 5.74) is 0.830. The van der Waals surface area contributed by atoms with Gasteiger partial charge < -0.3 is 60.1 Å². The number of carboxylic acid groups (broad SMARTS) is 1. The van der Waals surface area contributed by atoms with Crippen molar-refractivity contribution in [2.75, 3.05) is 96.5 Å². The van der Waals surface area contributed by atoms with E-state index in [2.05, 4.69) is 55.0 Å². The van der Waals surface area contributed by atoms with Gasteiger partial charge in [0.25, 0.3) is 0 Å². The first-order chi connectivity index (χ1) is 37.0. The van der Waals surface area contributed by atoms with Crippen LogP contribution in [0.3, 0.4) is 0 Å². The minimum atomic E-state index is -2.68. The van der Waals surface area contributed by atoms with Crippen LogP contribution in [0.2, 0.25) is 6.04 Å². The molecule has 0 rings (SSSR count). The second kappa shape index (κ2) is 58.7. The molecule has 0 saturated carbocycles. The Hall–Kier alpha value is -4.43. The molecule has 22 nitrogen and oxygen atoms in total. The van der Waals surface area contributed by atoms with E-state index in [1.807, 2.05) is 41.5 Å². The molecule has 1 N–H and O–H groups in total. The Balaban J connectivity index is -0.000000314. The predicted octanol–water partition coefficient (Wildman–Crippen LogP) is 7.43. The average Bonchev–Trinajstić information content (AvgIpc) is 3.39. The molecular weight excluding hydrogens is 1120 g/mol. The first-order valence-corrected chi connectivity index (χ1v) is 31.0. The third kappa shape index (κ3) is 59.2. The molecule has 0 heterocycles. The Kier molecular flexibility index (Phi) is 62.0. The normalized spacial score (nSPS) is 10.1. The fourth-order valence-corrected chi connectivity index (χ4v) is 9.68. The monoisotopic (exact) mass is 1200 g/mol. The minimum absolute atomic E-state index is 0.00418. The summed E-state index contributed by atoms with van der Waals surface area (Å²) in [6.45, 7) is 36.6. The van der Waals surface area contributed by atoms with Crippen molar-refractivity contribution in [2.45, 2.75) is 113 Å². The molecule has 0 saturated heterocycles. The van der Waals surface area contributed by atoms with Gasteiger partial charge in [-0.2, -0.15) is 12.6 Å². The number of hydrogen-bond donors (Lipinski definition) is 2. The van der Waals surface area contributed by atoms with Crippen LogP contribution in [0.1, 0.15) is 107 Å². The van der Waals surface area contributed by atoms with Crippen molar-refractivity contribution in [1.29, 1.82) is 0 Å². The maximum atomic E-state index is 11.9. The summed E-state index contributed by atoms with van der Waals surface area (Å²) in [5.74, 6) is -2.37. The molecule has 0 unspecified atom stereocenters. The van der Waals surface area contributed by atoms with Crippen LogP contribution in [0, 0.1) is 0 Å². The number of aliphatic carboxylic acids is 1. The van der Waals surface area contributed by atoms with E-state index in [4.69, 9.17) is 50.6 Å². The smallest absolute Gasteiger partial charge is 0.481 e. The second-order valence-electron chi connectivity index (χ2n) is 14.7. The van der Waals surface area contributed by atoms with Crippen molar-refractivity contribution < 1.29 is 103 Å². The molecule has 0 amide bonds. The molecule has 0 aliphatic rings. The Bertz CT molecular complexity index is 1740. The maximum absolute atomic E-state index is 11.9. The average molecular weight is 1210 g/mol. The van der Waals surface area contributed by atoms with Crippen molar-refractivity contribution >= 4 is 106 Å². The molecule has 0 atom stereocenters. The van der Waals surface area contributed by atoms with E-state index in [1.54, 1.807) is 12.2 Å². The zero-order valence-corrected chi connectivity index (χ0v) is 52.0. The Morgan fingerprint density at radius 1 is 0.500 bits per heavy atom. The molecule has 27 heteroatoms. The lowest BCUT2D eigenvalue weighted by atomic mass is 10.3. The molecular formula is C51H88O22S3Si2. The lowest BCUT2D eigenvalue weighted by Gasteiger charge is -2.28. The van der Waals surface area contributed by atoms with Crippen LogP contribution in [0.5, 0.6) is 0 Å². The van der Waals surface area contributed by atoms with E-state index < -0.39 is 60.1 Å². The van der Waals surface area contributed by atoms with Crippen LogP contribution in [0.15, 0.2) is 61.8 Å². The maximum Gasteiger partial charge on any atom is 0.500 e. The number of ether oxygens (including phenoxy) is 6. The number of esters is 6. The number of thiol groups is 1. The van der Waals surface area contributed by atoms with Gasteiger partial charge >= 0.3 is 60.1 Å². The highest BCUT2D eigenvalue weighted by atomic mass is 32.2. The van der Waals surface area contributed by atoms with Crippen molar-refractivity contribution in [1.82, 2.24) is 0 Å². The highest BCUT2D eigenvalue weighted by Crippen LogP contribution is 2.21. The van der Waals surface area contributed by atoms with Gasteiger partial charge in [-0.25, -0.2) is 14.4 Å². The third-order valence-electron chi connectivity index (χ3n) is 7.78. The number of thioether (sulfide) groups is 2. The van der Waals surface area contributed by atoms with Gasteiger partial charge in [0.2, 0.25) is 0 Å². The second-order valence-corrected chi connectivity index (χ2v) is 21.6. The summed E-state index contributed by atoms with van der Waals surface area (Å²) >= 11 is 6.09. The molecule has 0 bridgehead atoms. The first-order valence-electron chi connectivity index (χ1n) is 25.0. The molecule has 0 aliphatic carbocycles. The fourth-order valence-electron chi connectivity index (χ4n) is 4.40. The Labute approximate surface area is 479 Å². The molecule has 0 aromatic heterocycles. The summed E-state index contributed by atoms with van der Waals surface area (Å²) in [7, 11) is -4.41. The van der Waals surface area contributed by atoms with Crippen LogP contribution < -0.4 is 0 Å². The summed E-state index contributed by atoms with van der Waals surface area (Å²) in [6, 6.07) is 0.647. The zero-order chi connectivity index (χ0) is 60.6. The van der Waals surface area contributed by atoms with E-state index in [9.17, 15) is 43.2 Å². The SMILES string of the molecule is C=C(C)C(=O)OCCOC(=O)CCC(=O)O.C=C(C)C(=O)OCCOC(=O)CCC(=O)SCCC[Si](OCC)(OCC)OCC.C=CCS.C=CCSC(=O)CCC(=O)OCCOC(=O)C(=C)C.CCO[SiH](OCC)OCC. The zero-order valence-electron chi connectivity index (χ0n) is 47.3. The topological polar surface area (TPSA) is 285 Å². The highest BCUT2D eigenvalue weighted by Gasteiger charge is 2.39. The van der Waals surface area contributed by atoms with Gasteiger partial charge in [-0.3, -0.25) is 28.8 Å². The van der Waals surface area contributed by atoms with Gasteiger partial charge in [0.05, 0.1) is 25.7 Å². The van der Waals surface area contributed by atoms with Crippen molar-refractivity contribution in [3.63, 3.8) is 0 Å². The molecule has 450 valence electrons. The highest BCUT2D eigenvalue weighted by molar-refractivity contribution is 8.13. The summed E-state index contributed by atoms with van der Waals surface area (Å²) in [4.78, 5) is 100. The van der Waals surface area contributed by atoms with Crippen LogP contribution >= 0.6 is 36.2 Å². The standard InChI is InChI=1S/C19H34O8SSi.C13H18O5S.C10H14O6.C6H16O3Si.C3H6S/c1-6-25-29(26-7-2,27-8-3)15-9-14-28-18(21)11-10-17(20)23-12-13-24-19(22)16(4)5;1-4-9-19-12(15)6-5-11(14)17-7-8-18-13(16)10(2)3;1-7(2)10(14)16-6-5-15-9(13)4-3-8(11)12;1-4-7-10(8-5-2)9-6-3;1-2-3-4/h4,6-15H2,1-3,5H3;4H,1-2,5-9H2,3H3;1,3-6H2,2H3,(H,11,12);10H,4-6H2,1-3H3;2,4H,1,3H2.